The second-order valence-corrected chi connectivity index (χ2v) is 6.68. The summed E-state index contributed by atoms with van der Waals surface area (Å²) in [5.74, 6) is 0.569. The first-order chi connectivity index (χ1) is 10.1. The molecule has 0 saturated carbocycles. The van der Waals surface area contributed by atoms with Crippen LogP contribution in [0.2, 0.25) is 0 Å². The molecule has 6 nitrogen and oxygen atoms in total. The zero-order valence-electron chi connectivity index (χ0n) is 12.5. The zero-order chi connectivity index (χ0) is 15.4. The molecule has 0 bridgehead atoms. The van der Waals surface area contributed by atoms with E-state index in [0.717, 1.165) is 34.3 Å². The first-order valence-corrected chi connectivity index (χ1v) is 8.74. The van der Waals surface area contributed by atoms with Crippen LogP contribution in [0.1, 0.15) is 27.6 Å². The van der Waals surface area contributed by atoms with E-state index >= 15 is 0 Å². The standard InChI is InChI=1S/C13H18N4O2S2/c1-8-12(21-9(2)14-8)11-10(13(18)19-3)15-16-17(11)6-5-7-20-4/h5-7H2,1-4H3. The van der Waals surface area contributed by atoms with Gasteiger partial charge in [0.15, 0.2) is 5.69 Å². The summed E-state index contributed by atoms with van der Waals surface area (Å²) in [5, 5.41) is 9.08. The summed E-state index contributed by atoms with van der Waals surface area (Å²) in [4.78, 5) is 17.3. The molecule has 2 rings (SSSR count). The van der Waals surface area contributed by atoms with Crippen molar-refractivity contribution in [3.8, 4) is 10.6 Å². The summed E-state index contributed by atoms with van der Waals surface area (Å²) >= 11 is 3.33. The van der Waals surface area contributed by atoms with Gasteiger partial charge in [0.1, 0.15) is 5.69 Å². The summed E-state index contributed by atoms with van der Waals surface area (Å²) in [6.07, 6.45) is 3.04. The van der Waals surface area contributed by atoms with Crippen LogP contribution in [0.25, 0.3) is 10.6 Å². The van der Waals surface area contributed by atoms with E-state index in [-0.39, 0.29) is 5.69 Å². The Morgan fingerprint density at radius 2 is 2.19 bits per heavy atom. The van der Waals surface area contributed by atoms with E-state index in [1.54, 1.807) is 27.8 Å². The summed E-state index contributed by atoms with van der Waals surface area (Å²) in [6, 6.07) is 0. The highest BCUT2D eigenvalue weighted by Crippen LogP contribution is 2.32. The van der Waals surface area contributed by atoms with Gasteiger partial charge < -0.3 is 4.74 Å². The smallest absolute Gasteiger partial charge is 0.360 e. The van der Waals surface area contributed by atoms with Gasteiger partial charge in [-0.3, -0.25) is 0 Å². The highest BCUT2D eigenvalue weighted by atomic mass is 32.2. The molecule has 0 aliphatic heterocycles. The predicted octanol–water partition coefficient (Wildman–Crippen LogP) is 2.56. The van der Waals surface area contributed by atoms with Crippen LogP contribution in [0.3, 0.4) is 0 Å². The third kappa shape index (κ3) is 3.44. The topological polar surface area (TPSA) is 69.9 Å². The van der Waals surface area contributed by atoms with E-state index in [2.05, 4.69) is 21.6 Å². The van der Waals surface area contributed by atoms with Crippen molar-refractivity contribution in [2.45, 2.75) is 26.8 Å². The lowest BCUT2D eigenvalue weighted by Crippen LogP contribution is -2.07. The van der Waals surface area contributed by atoms with Crippen LogP contribution in [-0.4, -0.2) is 45.1 Å². The van der Waals surface area contributed by atoms with Gasteiger partial charge in [-0.05, 0) is 32.3 Å². The number of esters is 1. The van der Waals surface area contributed by atoms with Crippen LogP contribution in [0, 0.1) is 13.8 Å². The lowest BCUT2D eigenvalue weighted by molar-refractivity contribution is 0.0595. The molecule has 0 amide bonds. The minimum atomic E-state index is -0.466. The molecule has 0 aliphatic rings. The molecule has 0 atom stereocenters. The fourth-order valence-electron chi connectivity index (χ4n) is 2.04. The van der Waals surface area contributed by atoms with Gasteiger partial charge in [-0.15, -0.1) is 16.4 Å². The van der Waals surface area contributed by atoms with E-state index in [1.165, 1.54) is 7.11 Å². The molecular weight excluding hydrogens is 308 g/mol. The number of hydrogen-bond donors (Lipinski definition) is 0. The number of ether oxygens (including phenoxy) is 1. The van der Waals surface area contributed by atoms with Crippen LogP contribution < -0.4 is 0 Å². The van der Waals surface area contributed by atoms with Gasteiger partial charge in [-0.2, -0.15) is 11.8 Å². The Morgan fingerprint density at radius 3 is 2.76 bits per heavy atom. The average molecular weight is 326 g/mol. The molecule has 0 unspecified atom stereocenters. The fraction of sp³-hybridized carbons (Fsp3) is 0.538. The summed E-state index contributed by atoms with van der Waals surface area (Å²) < 4.78 is 6.59. The Kier molecular flexibility index (Phi) is 5.35. The van der Waals surface area contributed by atoms with E-state index in [1.807, 2.05) is 13.8 Å². The number of methoxy groups -OCH3 is 1. The number of nitrogens with zero attached hydrogens (tertiary/aromatic N) is 4. The highest BCUT2D eigenvalue weighted by Gasteiger charge is 2.24. The van der Waals surface area contributed by atoms with Crippen molar-refractivity contribution >= 4 is 29.1 Å². The maximum Gasteiger partial charge on any atom is 0.360 e. The molecular formula is C13H18N4O2S2. The molecule has 2 aromatic rings. The second kappa shape index (κ2) is 7.04. The maximum absolute atomic E-state index is 11.9. The van der Waals surface area contributed by atoms with Gasteiger partial charge in [0, 0.05) is 6.54 Å². The molecule has 0 aliphatic carbocycles. The Balaban J connectivity index is 2.45. The Labute approximate surface area is 131 Å². The van der Waals surface area contributed by atoms with Crippen molar-refractivity contribution in [3.63, 3.8) is 0 Å². The minimum absolute atomic E-state index is 0.258. The second-order valence-electron chi connectivity index (χ2n) is 4.50. The molecule has 0 fully saturated rings. The predicted molar refractivity (Wildman–Crippen MR) is 84.9 cm³/mol. The monoisotopic (exact) mass is 326 g/mol. The van der Waals surface area contributed by atoms with Gasteiger partial charge >= 0.3 is 5.97 Å². The number of rotatable bonds is 6. The van der Waals surface area contributed by atoms with Crippen LogP contribution in [0.5, 0.6) is 0 Å². The minimum Gasteiger partial charge on any atom is -0.464 e. The maximum atomic E-state index is 11.9. The van der Waals surface area contributed by atoms with Crippen LogP contribution in [-0.2, 0) is 11.3 Å². The van der Waals surface area contributed by atoms with Gasteiger partial charge in [0.05, 0.1) is 22.7 Å². The highest BCUT2D eigenvalue weighted by molar-refractivity contribution is 7.98. The van der Waals surface area contributed by atoms with Gasteiger partial charge in [-0.25, -0.2) is 14.5 Å². The van der Waals surface area contributed by atoms with Crippen molar-refractivity contribution in [1.29, 1.82) is 0 Å². The van der Waals surface area contributed by atoms with Crippen molar-refractivity contribution in [2.75, 3.05) is 19.1 Å². The number of aryl methyl sites for hydroxylation is 3. The van der Waals surface area contributed by atoms with Crippen molar-refractivity contribution < 1.29 is 9.53 Å². The number of thioether (sulfide) groups is 1. The van der Waals surface area contributed by atoms with Crippen LogP contribution in [0.15, 0.2) is 0 Å². The summed E-state index contributed by atoms with van der Waals surface area (Å²) in [7, 11) is 1.35. The van der Waals surface area contributed by atoms with Crippen molar-refractivity contribution in [1.82, 2.24) is 20.0 Å². The molecule has 0 spiro atoms. The molecule has 8 heteroatoms. The summed E-state index contributed by atoms with van der Waals surface area (Å²) in [5.41, 5.74) is 1.86. The molecule has 21 heavy (non-hydrogen) atoms. The quantitative estimate of drug-likeness (QED) is 0.600. The molecule has 2 heterocycles. The SMILES string of the molecule is COC(=O)c1nnn(CCCSC)c1-c1sc(C)nc1C. The third-order valence-electron chi connectivity index (χ3n) is 2.95. The molecule has 114 valence electrons. The van der Waals surface area contributed by atoms with E-state index < -0.39 is 5.97 Å². The molecule has 0 aromatic carbocycles. The molecule has 0 saturated heterocycles. The third-order valence-corrected chi connectivity index (χ3v) is 4.73. The first kappa shape index (κ1) is 16.0. The Hall–Kier alpha value is -1.41. The molecule has 2 aromatic heterocycles. The molecule has 0 N–H and O–H groups in total. The fourth-order valence-corrected chi connectivity index (χ4v) is 3.43. The van der Waals surface area contributed by atoms with Gasteiger partial charge in [-0.1, -0.05) is 5.21 Å². The van der Waals surface area contributed by atoms with E-state index in [4.69, 9.17) is 4.74 Å². The Bertz CT molecular complexity index is 636. The number of thiazole rings is 1. The Morgan fingerprint density at radius 1 is 1.43 bits per heavy atom. The van der Waals surface area contributed by atoms with Crippen LogP contribution in [0.4, 0.5) is 0 Å². The first-order valence-electron chi connectivity index (χ1n) is 6.53. The van der Waals surface area contributed by atoms with Gasteiger partial charge in [0.25, 0.3) is 0 Å². The van der Waals surface area contributed by atoms with E-state index in [9.17, 15) is 4.79 Å². The largest absolute Gasteiger partial charge is 0.464 e. The summed E-state index contributed by atoms with van der Waals surface area (Å²) in [6.45, 7) is 4.59. The number of aromatic nitrogens is 4. The zero-order valence-corrected chi connectivity index (χ0v) is 14.2. The van der Waals surface area contributed by atoms with Gasteiger partial charge in [0.2, 0.25) is 0 Å². The lowest BCUT2D eigenvalue weighted by Gasteiger charge is -2.06. The van der Waals surface area contributed by atoms with E-state index in [0.29, 0.717) is 5.69 Å². The van der Waals surface area contributed by atoms with Crippen molar-refractivity contribution in [2.24, 2.45) is 0 Å². The lowest BCUT2D eigenvalue weighted by atomic mass is 10.2. The average Bonchev–Trinajstić information content (AvgIpc) is 3.01. The normalized spacial score (nSPS) is 10.9. The number of hydrogen-bond acceptors (Lipinski definition) is 7. The number of carbonyl (C=O) groups excluding carboxylic acids is 1. The molecule has 0 radical (unpaired) electrons. The van der Waals surface area contributed by atoms with Crippen molar-refractivity contribution in [3.05, 3.63) is 16.4 Å². The van der Waals surface area contributed by atoms with Crippen LogP contribution >= 0.6 is 23.1 Å². The number of carbonyl (C=O) groups is 1.